The molecule has 0 spiro atoms. The molecule has 0 N–H and O–H groups in total. The van der Waals surface area contributed by atoms with Gasteiger partial charge < -0.3 is 4.90 Å². The summed E-state index contributed by atoms with van der Waals surface area (Å²) in [6, 6.07) is 5.64. The van der Waals surface area contributed by atoms with Crippen LogP contribution in [0.4, 0.5) is 0 Å². The van der Waals surface area contributed by atoms with Gasteiger partial charge in [-0.1, -0.05) is 0 Å². The van der Waals surface area contributed by atoms with E-state index in [1.807, 2.05) is 13.0 Å². The van der Waals surface area contributed by atoms with Crippen LogP contribution >= 0.6 is 27.3 Å². The molecule has 1 unspecified atom stereocenters. The summed E-state index contributed by atoms with van der Waals surface area (Å²) in [4.78, 5) is 14.2. The summed E-state index contributed by atoms with van der Waals surface area (Å²) in [5, 5.41) is 8.55. The van der Waals surface area contributed by atoms with Crippen molar-refractivity contribution in [1.29, 1.82) is 5.26 Å². The molecule has 0 aliphatic heterocycles. The van der Waals surface area contributed by atoms with Crippen molar-refractivity contribution >= 4 is 33.2 Å². The molecule has 1 amide bonds. The van der Waals surface area contributed by atoms with Crippen LogP contribution in [0.15, 0.2) is 15.9 Å². The van der Waals surface area contributed by atoms with E-state index in [1.165, 1.54) is 11.3 Å². The monoisotopic (exact) mass is 286 g/mol. The molecule has 0 aromatic carbocycles. The van der Waals surface area contributed by atoms with E-state index in [1.54, 1.807) is 18.0 Å². The molecular formula is C10H11BrN2OS. The number of carbonyl (C=O) groups is 1. The Labute approximate surface area is 101 Å². The molecule has 80 valence electrons. The number of hydrogen-bond acceptors (Lipinski definition) is 3. The Kier molecular flexibility index (Phi) is 4.30. The fraction of sp³-hybridized carbons (Fsp3) is 0.400. The van der Waals surface area contributed by atoms with Gasteiger partial charge in [0.25, 0.3) is 5.91 Å². The van der Waals surface area contributed by atoms with Crippen molar-refractivity contribution in [2.45, 2.75) is 19.4 Å². The molecule has 1 atom stereocenters. The third-order valence-corrected chi connectivity index (χ3v) is 3.76. The molecule has 0 fully saturated rings. The second kappa shape index (κ2) is 5.29. The number of thiophene rings is 1. The van der Waals surface area contributed by atoms with Crippen molar-refractivity contribution in [3.05, 3.63) is 20.8 Å². The predicted octanol–water partition coefficient (Wildman–Crippen LogP) is 2.88. The maximum atomic E-state index is 11.9. The molecule has 1 rings (SSSR count). The first kappa shape index (κ1) is 12.2. The molecule has 0 radical (unpaired) electrons. The van der Waals surface area contributed by atoms with E-state index in [0.29, 0.717) is 11.3 Å². The number of nitrogens with zero attached hydrogens (tertiary/aromatic N) is 2. The molecule has 0 saturated carbocycles. The van der Waals surface area contributed by atoms with Gasteiger partial charge in [-0.25, -0.2) is 0 Å². The summed E-state index contributed by atoms with van der Waals surface area (Å²) >= 11 is 4.71. The van der Waals surface area contributed by atoms with E-state index >= 15 is 0 Å². The summed E-state index contributed by atoms with van der Waals surface area (Å²) in [6.45, 7) is 1.86. The Morgan fingerprint density at radius 3 is 2.87 bits per heavy atom. The lowest BCUT2D eigenvalue weighted by molar-refractivity contribution is 0.0751. The fourth-order valence-corrected chi connectivity index (χ4v) is 2.44. The molecule has 0 saturated heterocycles. The molecule has 1 aromatic rings. The minimum absolute atomic E-state index is 0.0338. The van der Waals surface area contributed by atoms with E-state index in [0.717, 1.165) is 3.79 Å². The lowest BCUT2D eigenvalue weighted by atomic mass is 10.2. The highest BCUT2D eigenvalue weighted by Gasteiger charge is 2.18. The average Bonchev–Trinajstić information content (AvgIpc) is 2.63. The third kappa shape index (κ3) is 3.05. The number of rotatable bonds is 3. The Morgan fingerprint density at radius 2 is 2.40 bits per heavy atom. The second-order valence-corrected chi connectivity index (χ2v) is 5.69. The highest BCUT2D eigenvalue weighted by atomic mass is 79.9. The zero-order valence-corrected chi connectivity index (χ0v) is 10.9. The molecule has 0 aliphatic rings. The number of carbonyl (C=O) groups excluding carboxylic acids is 1. The number of hydrogen-bond donors (Lipinski definition) is 0. The van der Waals surface area contributed by atoms with Crippen LogP contribution in [0.3, 0.4) is 0 Å². The minimum Gasteiger partial charge on any atom is -0.337 e. The van der Waals surface area contributed by atoms with Crippen molar-refractivity contribution in [2.75, 3.05) is 7.05 Å². The fourth-order valence-electron chi connectivity index (χ4n) is 1.07. The van der Waals surface area contributed by atoms with Crippen molar-refractivity contribution in [3.63, 3.8) is 0 Å². The molecule has 5 heteroatoms. The Balaban J connectivity index is 2.73. The number of nitriles is 1. The van der Waals surface area contributed by atoms with Gasteiger partial charge in [0.1, 0.15) is 0 Å². The zero-order chi connectivity index (χ0) is 11.4. The topological polar surface area (TPSA) is 44.1 Å². The SMILES string of the molecule is CC(CC#N)N(C)C(=O)c1ccc(Br)s1. The molecule has 1 aromatic heterocycles. The van der Waals surface area contributed by atoms with Gasteiger partial charge in [-0.3, -0.25) is 4.79 Å². The van der Waals surface area contributed by atoms with Crippen molar-refractivity contribution in [3.8, 4) is 6.07 Å². The largest absolute Gasteiger partial charge is 0.337 e. The first-order valence-electron chi connectivity index (χ1n) is 4.45. The first-order chi connectivity index (χ1) is 7.06. The smallest absolute Gasteiger partial charge is 0.263 e. The van der Waals surface area contributed by atoms with Crippen LogP contribution in [0.2, 0.25) is 0 Å². The van der Waals surface area contributed by atoms with Gasteiger partial charge in [-0.2, -0.15) is 5.26 Å². The van der Waals surface area contributed by atoms with Crippen molar-refractivity contribution in [2.24, 2.45) is 0 Å². The summed E-state index contributed by atoms with van der Waals surface area (Å²) in [5.74, 6) is -0.0338. The van der Waals surface area contributed by atoms with Crippen molar-refractivity contribution in [1.82, 2.24) is 4.90 Å². The van der Waals surface area contributed by atoms with Crippen molar-refractivity contribution < 1.29 is 4.79 Å². The highest BCUT2D eigenvalue weighted by molar-refractivity contribution is 9.11. The zero-order valence-electron chi connectivity index (χ0n) is 8.53. The van der Waals surface area contributed by atoms with E-state index < -0.39 is 0 Å². The predicted molar refractivity (Wildman–Crippen MR) is 63.8 cm³/mol. The van der Waals surface area contributed by atoms with Gasteiger partial charge in [0.2, 0.25) is 0 Å². The van der Waals surface area contributed by atoms with Gasteiger partial charge in [0.15, 0.2) is 0 Å². The van der Waals surface area contributed by atoms with Crippen LogP contribution in [-0.4, -0.2) is 23.9 Å². The lowest BCUT2D eigenvalue weighted by Gasteiger charge is -2.22. The van der Waals surface area contributed by atoms with E-state index in [9.17, 15) is 4.79 Å². The standard InChI is InChI=1S/C10H11BrN2OS/c1-7(5-6-12)13(2)10(14)8-3-4-9(11)15-8/h3-4,7H,5H2,1-2H3. The third-order valence-electron chi connectivity index (χ3n) is 2.15. The lowest BCUT2D eigenvalue weighted by Crippen LogP contribution is -2.34. The van der Waals surface area contributed by atoms with Gasteiger partial charge >= 0.3 is 0 Å². The summed E-state index contributed by atoms with van der Waals surface area (Å²) in [6.07, 6.45) is 0.356. The van der Waals surface area contributed by atoms with Gasteiger partial charge in [0.05, 0.1) is 21.2 Å². The van der Waals surface area contributed by atoms with Crippen LogP contribution in [-0.2, 0) is 0 Å². The minimum atomic E-state index is -0.0524. The number of halogens is 1. The Morgan fingerprint density at radius 1 is 1.73 bits per heavy atom. The molecule has 15 heavy (non-hydrogen) atoms. The van der Waals surface area contributed by atoms with Crippen LogP contribution in [0.5, 0.6) is 0 Å². The van der Waals surface area contributed by atoms with Gasteiger partial charge in [-0.15, -0.1) is 11.3 Å². The quantitative estimate of drug-likeness (QED) is 0.858. The number of amides is 1. The van der Waals surface area contributed by atoms with Gasteiger partial charge in [0, 0.05) is 13.1 Å². The molecular weight excluding hydrogens is 276 g/mol. The maximum Gasteiger partial charge on any atom is 0.263 e. The molecule has 1 heterocycles. The van der Waals surface area contributed by atoms with Crippen LogP contribution in [0, 0.1) is 11.3 Å². The first-order valence-corrected chi connectivity index (χ1v) is 6.06. The summed E-state index contributed by atoms with van der Waals surface area (Å²) in [5.41, 5.74) is 0. The normalized spacial score (nSPS) is 11.9. The second-order valence-electron chi connectivity index (χ2n) is 3.23. The molecule has 0 aliphatic carbocycles. The summed E-state index contributed by atoms with van der Waals surface area (Å²) in [7, 11) is 1.72. The Bertz CT molecular complexity index is 396. The highest BCUT2D eigenvalue weighted by Crippen LogP contribution is 2.23. The van der Waals surface area contributed by atoms with Gasteiger partial charge in [-0.05, 0) is 35.0 Å². The molecule has 0 bridgehead atoms. The van der Waals surface area contributed by atoms with Crippen LogP contribution in [0.25, 0.3) is 0 Å². The van der Waals surface area contributed by atoms with Crippen LogP contribution < -0.4 is 0 Å². The van der Waals surface area contributed by atoms with E-state index in [-0.39, 0.29) is 11.9 Å². The maximum absolute atomic E-state index is 11.9. The Hall–Kier alpha value is -0.860. The summed E-state index contributed by atoms with van der Waals surface area (Å²) < 4.78 is 0.937. The van der Waals surface area contributed by atoms with Crippen LogP contribution in [0.1, 0.15) is 23.0 Å². The van der Waals surface area contributed by atoms with E-state index in [4.69, 9.17) is 5.26 Å². The average molecular weight is 287 g/mol. The molecule has 3 nitrogen and oxygen atoms in total. The van der Waals surface area contributed by atoms with E-state index in [2.05, 4.69) is 22.0 Å².